The van der Waals surface area contributed by atoms with Gasteiger partial charge in [-0.25, -0.2) is 4.98 Å². The normalized spacial score (nSPS) is 11.4. The second-order valence-corrected chi connectivity index (χ2v) is 7.23. The van der Waals surface area contributed by atoms with Crippen molar-refractivity contribution in [3.05, 3.63) is 58.3 Å². The minimum Gasteiger partial charge on any atom is -0.369 e. The van der Waals surface area contributed by atoms with Crippen LogP contribution >= 0.6 is 11.3 Å². The van der Waals surface area contributed by atoms with Crippen LogP contribution < -0.4 is 16.5 Å². The molecule has 0 fully saturated rings. The minimum absolute atomic E-state index is 0.0768. The van der Waals surface area contributed by atoms with Gasteiger partial charge in [0.2, 0.25) is 0 Å². The third kappa shape index (κ3) is 2.75. The number of hydrogen-bond donors (Lipinski definition) is 2. The van der Waals surface area contributed by atoms with Gasteiger partial charge in [-0.15, -0.1) is 11.3 Å². The number of nitrogens with one attached hydrogen (secondary N) is 1. The maximum Gasteiger partial charge on any atom is 0.196 e. The summed E-state index contributed by atoms with van der Waals surface area (Å²) in [5.74, 6) is 0.770. The highest BCUT2D eigenvalue weighted by Crippen LogP contribution is 2.34. The molecule has 4 aromatic rings. The Bertz CT molecular complexity index is 1150. The summed E-state index contributed by atoms with van der Waals surface area (Å²) >= 11 is 1.62. The quantitative estimate of drug-likeness (QED) is 0.332. The van der Waals surface area contributed by atoms with Gasteiger partial charge in [-0.2, -0.15) is 0 Å². The van der Waals surface area contributed by atoms with Crippen LogP contribution in [0.3, 0.4) is 0 Å². The van der Waals surface area contributed by atoms with Crippen LogP contribution in [0.5, 0.6) is 0 Å². The Morgan fingerprint density at radius 2 is 2.00 bits per heavy atom. The zero-order chi connectivity index (χ0) is 17.4. The van der Waals surface area contributed by atoms with Crippen molar-refractivity contribution in [2.45, 2.75) is 13.3 Å². The molecule has 25 heavy (non-hydrogen) atoms. The van der Waals surface area contributed by atoms with Gasteiger partial charge < -0.3 is 11.1 Å². The fourth-order valence-electron chi connectivity index (χ4n) is 3.10. The summed E-state index contributed by atoms with van der Waals surface area (Å²) in [5.41, 5.74) is 7.61. The van der Waals surface area contributed by atoms with Crippen molar-refractivity contribution in [3.63, 3.8) is 0 Å². The molecule has 0 saturated carbocycles. The smallest absolute Gasteiger partial charge is 0.196 e. The van der Waals surface area contributed by atoms with Crippen molar-refractivity contribution >= 4 is 48.2 Å². The van der Waals surface area contributed by atoms with Gasteiger partial charge in [-0.3, -0.25) is 4.79 Å². The molecule has 126 valence electrons. The Morgan fingerprint density at radius 1 is 1.16 bits per heavy atom. The number of anilines is 1. The van der Waals surface area contributed by atoms with E-state index < -0.39 is 0 Å². The molecule has 0 unspecified atom stereocenters. The molecule has 2 heterocycles. The average molecular weight is 349 g/mol. The molecule has 0 aliphatic rings. The van der Waals surface area contributed by atoms with Crippen molar-refractivity contribution in [1.29, 1.82) is 0 Å². The van der Waals surface area contributed by atoms with E-state index in [1.165, 1.54) is 0 Å². The number of hydrogen-bond acceptors (Lipinski definition) is 5. The summed E-state index contributed by atoms with van der Waals surface area (Å²) in [6, 6.07) is 13.9. The molecule has 3 N–H and O–H groups in total. The topological polar surface area (TPSA) is 68.0 Å². The fraction of sp³-hybridized carbons (Fsp3) is 0.200. The van der Waals surface area contributed by atoms with Gasteiger partial charge in [0, 0.05) is 22.0 Å². The third-order valence-electron chi connectivity index (χ3n) is 4.34. The molecule has 0 aliphatic carbocycles. The van der Waals surface area contributed by atoms with Crippen LogP contribution in [0, 0.1) is 6.92 Å². The lowest BCUT2D eigenvalue weighted by Gasteiger charge is -2.11. The first-order chi connectivity index (χ1) is 12.2. The molecule has 5 heteroatoms. The first kappa shape index (κ1) is 16.0. The van der Waals surface area contributed by atoms with Crippen LogP contribution in [0.15, 0.2) is 47.3 Å². The number of rotatable bonds is 4. The van der Waals surface area contributed by atoms with Crippen LogP contribution in [0.2, 0.25) is 0 Å². The summed E-state index contributed by atoms with van der Waals surface area (Å²) in [4.78, 5) is 18.0. The third-order valence-corrected chi connectivity index (χ3v) is 5.52. The Morgan fingerprint density at radius 3 is 2.84 bits per heavy atom. The maximum absolute atomic E-state index is 13.3. The highest BCUT2D eigenvalue weighted by atomic mass is 32.1. The van der Waals surface area contributed by atoms with E-state index in [1.807, 2.05) is 49.4 Å². The highest BCUT2D eigenvalue weighted by Gasteiger charge is 2.14. The van der Waals surface area contributed by atoms with E-state index in [-0.39, 0.29) is 5.43 Å². The molecule has 0 radical (unpaired) electrons. The molecule has 0 amide bonds. The van der Waals surface area contributed by atoms with Crippen LogP contribution in [-0.2, 0) is 0 Å². The monoisotopic (exact) mass is 349 g/mol. The number of nitrogens with zero attached hydrogens (tertiary/aromatic N) is 1. The van der Waals surface area contributed by atoms with E-state index >= 15 is 0 Å². The Hall–Kier alpha value is -2.50. The molecular weight excluding hydrogens is 330 g/mol. The van der Waals surface area contributed by atoms with Crippen LogP contribution in [0.25, 0.3) is 31.1 Å². The van der Waals surface area contributed by atoms with Crippen molar-refractivity contribution < 1.29 is 0 Å². The standard InChI is InChI=1S/C20H19N3OS/c1-12-7-8-16-14(11-12)18(24)17-13-5-2-3-6-15(13)23-20(19(17)25-16)22-10-4-9-21/h2-3,5-8,11H,4,9-10,21H2,1H3,(H,22,23). The van der Waals surface area contributed by atoms with E-state index in [0.717, 1.165) is 55.4 Å². The van der Waals surface area contributed by atoms with Crippen molar-refractivity contribution in [3.8, 4) is 0 Å². The molecule has 2 aromatic carbocycles. The van der Waals surface area contributed by atoms with Gasteiger partial charge >= 0.3 is 0 Å². The van der Waals surface area contributed by atoms with Gasteiger partial charge in [-0.05, 0) is 38.1 Å². The van der Waals surface area contributed by atoms with Gasteiger partial charge in [0.15, 0.2) is 5.43 Å². The number of pyridine rings is 1. The van der Waals surface area contributed by atoms with Crippen molar-refractivity contribution in [1.82, 2.24) is 4.98 Å². The lowest BCUT2D eigenvalue weighted by atomic mass is 10.1. The predicted molar refractivity (Wildman–Crippen MR) is 108 cm³/mol. The second kappa shape index (κ2) is 6.43. The average Bonchev–Trinajstić information content (AvgIpc) is 2.62. The molecule has 4 nitrogen and oxygen atoms in total. The summed E-state index contributed by atoms with van der Waals surface area (Å²) in [7, 11) is 0. The van der Waals surface area contributed by atoms with Crippen molar-refractivity contribution in [2.24, 2.45) is 5.73 Å². The van der Waals surface area contributed by atoms with E-state index in [9.17, 15) is 4.79 Å². The highest BCUT2D eigenvalue weighted by molar-refractivity contribution is 7.25. The van der Waals surface area contributed by atoms with Gasteiger partial charge in [0.05, 0.1) is 15.6 Å². The van der Waals surface area contributed by atoms with Gasteiger partial charge in [0.25, 0.3) is 0 Å². The molecule has 0 atom stereocenters. The predicted octanol–water partition coefficient (Wildman–Crippen LogP) is 4.03. The second-order valence-electron chi connectivity index (χ2n) is 6.18. The van der Waals surface area contributed by atoms with Crippen LogP contribution in [-0.4, -0.2) is 18.1 Å². The zero-order valence-electron chi connectivity index (χ0n) is 14.0. The van der Waals surface area contributed by atoms with Crippen LogP contribution in [0.1, 0.15) is 12.0 Å². The number of benzene rings is 2. The molecule has 0 saturated heterocycles. The summed E-state index contributed by atoms with van der Waals surface area (Å²) in [6.07, 6.45) is 0.859. The lowest BCUT2D eigenvalue weighted by Crippen LogP contribution is -2.11. The summed E-state index contributed by atoms with van der Waals surface area (Å²) < 4.78 is 1.90. The largest absolute Gasteiger partial charge is 0.369 e. The van der Waals surface area contributed by atoms with Crippen LogP contribution in [0.4, 0.5) is 5.82 Å². The molecule has 0 spiro atoms. The number of aryl methyl sites for hydroxylation is 1. The number of nitrogens with two attached hydrogens (primary N) is 1. The molecular formula is C20H19N3OS. The van der Waals surface area contributed by atoms with E-state index in [4.69, 9.17) is 10.7 Å². The first-order valence-electron chi connectivity index (χ1n) is 8.39. The molecule has 4 rings (SSSR count). The van der Waals surface area contributed by atoms with E-state index in [0.29, 0.717) is 6.54 Å². The molecule has 0 aliphatic heterocycles. The fourth-order valence-corrected chi connectivity index (χ4v) is 4.24. The van der Waals surface area contributed by atoms with Gasteiger partial charge in [-0.1, -0.05) is 29.8 Å². The minimum atomic E-state index is 0.0768. The molecule has 0 bridgehead atoms. The van der Waals surface area contributed by atoms with E-state index in [2.05, 4.69) is 5.32 Å². The Balaban J connectivity index is 2.12. The summed E-state index contributed by atoms with van der Waals surface area (Å²) in [5, 5.41) is 5.81. The van der Waals surface area contributed by atoms with Gasteiger partial charge in [0.1, 0.15) is 5.82 Å². The number of para-hydroxylation sites is 1. The maximum atomic E-state index is 13.3. The van der Waals surface area contributed by atoms with Crippen molar-refractivity contribution in [2.75, 3.05) is 18.4 Å². The Kier molecular flexibility index (Phi) is 4.11. The Labute approximate surface area is 149 Å². The number of fused-ring (bicyclic) bond motifs is 4. The number of aromatic nitrogens is 1. The first-order valence-corrected chi connectivity index (χ1v) is 9.20. The zero-order valence-corrected chi connectivity index (χ0v) is 14.8. The molecule has 2 aromatic heterocycles. The SMILES string of the molecule is Cc1ccc2sc3c(NCCCN)nc4ccccc4c3c(=O)c2c1. The van der Waals surface area contributed by atoms with E-state index in [1.54, 1.807) is 11.3 Å². The summed E-state index contributed by atoms with van der Waals surface area (Å²) in [6.45, 7) is 3.37. The lowest BCUT2D eigenvalue weighted by molar-refractivity contribution is 0.872.